The molecule has 0 radical (unpaired) electrons. The standard InChI is InChI=1S/C34H28BrNO3S/c1-22-14-20-29(21-15-22)40(37,38)36(28-12-8-5-9-13-28)33-23(2)30(25-10-6-4-7-11-25)31-24(3)39-34(32(31)33)26-16-18-27(35)19-17-26/h4-21,30,33H,2H2,1,3H3/t30-,33+/m1/s1. The van der Waals surface area contributed by atoms with Gasteiger partial charge in [0.1, 0.15) is 11.5 Å². The zero-order valence-electron chi connectivity index (χ0n) is 22.2. The molecule has 0 unspecified atom stereocenters. The number of fused-ring (bicyclic) bond motifs is 1. The Hall–Kier alpha value is -3.87. The number of rotatable bonds is 6. The Morgan fingerprint density at radius 2 is 1.38 bits per heavy atom. The highest BCUT2D eigenvalue weighted by Gasteiger charge is 2.48. The van der Waals surface area contributed by atoms with Gasteiger partial charge in [0, 0.05) is 27.1 Å². The molecule has 0 saturated carbocycles. The summed E-state index contributed by atoms with van der Waals surface area (Å²) in [6.07, 6.45) is 0. The zero-order valence-corrected chi connectivity index (χ0v) is 24.6. The van der Waals surface area contributed by atoms with Crippen molar-refractivity contribution in [2.45, 2.75) is 30.7 Å². The molecule has 1 heterocycles. The van der Waals surface area contributed by atoms with Gasteiger partial charge in [0.15, 0.2) is 0 Å². The van der Waals surface area contributed by atoms with Crippen molar-refractivity contribution in [2.24, 2.45) is 0 Å². The Morgan fingerprint density at radius 1 is 0.775 bits per heavy atom. The van der Waals surface area contributed by atoms with Crippen molar-refractivity contribution in [1.82, 2.24) is 0 Å². The second kappa shape index (κ2) is 10.3. The molecule has 6 rings (SSSR count). The molecule has 6 heteroatoms. The zero-order chi connectivity index (χ0) is 28.0. The molecule has 1 aliphatic carbocycles. The summed E-state index contributed by atoms with van der Waals surface area (Å²) in [5.74, 6) is 1.18. The van der Waals surface area contributed by atoms with Crippen molar-refractivity contribution in [3.63, 3.8) is 0 Å². The number of para-hydroxylation sites is 1. The van der Waals surface area contributed by atoms with Crippen LogP contribution in [0.1, 0.15) is 40.0 Å². The lowest BCUT2D eigenvalue weighted by Crippen LogP contribution is -2.35. The fraction of sp³-hybridized carbons (Fsp3) is 0.118. The average Bonchev–Trinajstić information content (AvgIpc) is 3.44. The minimum Gasteiger partial charge on any atom is -0.461 e. The van der Waals surface area contributed by atoms with Gasteiger partial charge in [-0.3, -0.25) is 4.31 Å². The molecule has 4 nitrogen and oxygen atoms in total. The molecule has 0 saturated heterocycles. The largest absolute Gasteiger partial charge is 0.461 e. The fourth-order valence-corrected chi connectivity index (χ4v) is 7.56. The van der Waals surface area contributed by atoms with Crippen LogP contribution in [0.25, 0.3) is 11.3 Å². The number of anilines is 1. The van der Waals surface area contributed by atoms with Crippen LogP contribution >= 0.6 is 15.9 Å². The Kier molecular flexibility index (Phi) is 6.77. The minimum absolute atomic E-state index is 0.227. The number of hydrogen-bond donors (Lipinski definition) is 0. The van der Waals surface area contributed by atoms with Gasteiger partial charge in [-0.05, 0) is 61.4 Å². The van der Waals surface area contributed by atoms with E-state index >= 15 is 0 Å². The lowest BCUT2D eigenvalue weighted by Gasteiger charge is -2.32. The first-order valence-electron chi connectivity index (χ1n) is 13.1. The number of aryl methyl sites for hydroxylation is 2. The van der Waals surface area contributed by atoms with Crippen LogP contribution in [-0.4, -0.2) is 8.42 Å². The van der Waals surface area contributed by atoms with Crippen LogP contribution in [0.15, 0.2) is 135 Å². The third-order valence-electron chi connectivity index (χ3n) is 7.52. The quantitative estimate of drug-likeness (QED) is 0.180. The first kappa shape index (κ1) is 26.4. The molecule has 200 valence electrons. The average molecular weight is 611 g/mol. The molecule has 0 fully saturated rings. The first-order chi connectivity index (χ1) is 19.3. The second-order valence-electron chi connectivity index (χ2n) is 10.1. The van der Waals surface area contributed by atoms with Crippen molar-refractivity contribution in [2.75, 3.05) is 4.31 Å². The lowest BCUT2D eigenvalue weighted by atomic mass is 9.90. The molecule has 40 heavy (non-hydrogen) atoms. The van der Waals surface area contributed by atoms with Crippen molar-refractivity contribution < 1.29 is 12.8 Å². The molecule has 0 spiro atoms. The summed E-state index contributed by atoms with van der Waals surface area (Å²) in [4.78, 5) is 0.227. The summed E-state index contributed by atoms with van der Waals surface area (Å²) >= 11 is 3.53. The van der Waals surface area contributed by atoms with Crippen LogP contribution in [0.5, 0.6) is 0 Å². The number of benzene rings is 4. The normalized spacial score (nSPS) is 16.6. The number of nitrogens with zero attached hydrogens (tertiary/aromatic N) is 1. The van der Waals surface area contributed by atoms with Gasteiger partial charge >= 0.3 is 0 Å². The fourth-order valence-electron chi connectivity index (χ4n) is 5.67. The molecule has 1 aliphatic rings. The summed E-state index contributed by atoms with van der Waals surface area (Å²) in [6.45, 7) is 8.48. The summed E-state index contributed by atoms with van der Waals surface area (Å²) in [5.41, 5.74) is 6.06. The van der Waals surface area contributed by atoms with Gasteiger partial charge in [-0.25, -0.2) is 8.42 Å². The lowest BCUT2D eigenvalue weighted by molar-refractivity contribution is 0.535. The third-order valence-corrected chi connectivity index (χ3v) is 9.85. The molecule has 5 aromatic rings. The summed E-state index contributed by atoms with van der Waals surface area (Å²) in [6, 6.07) is 33.6. The van der Waals surface area contributed by atoms with Gasteiger partial charge in [0.25, 0.3) is 10.0 Å². The van der Waals surface area contributed by atoms with Gasteiger partial charge in [0.05, 0.1) is 16.6 Å². The molecule has 0 N–H and O–H groups in total. The van der Waals surface area contributed by atoms with E-state index in [1.165, 1.54) is 4.31 Å². The molecule has 0 aliphatic heterocycles. The predicted octanol–water partition coefficient (Wildman–Crippen LogP) is 8.96. The van der Waals surface area contributed by atoms with E-state index in [9.17, 15) is 8.42 Å². The maximum Gasteiger partial charge on any atom is 0.265 e. The first-order valence-corrected chi connectivity index (χ1v) is 15.3. The highest BCUT2D eigenvalue weighted by atomic mass is 79.9. The monoisotopic (exact) mass is 609 g/mol. The van der Waals surface area contributed by atoms with E-state index in [0.717, 1.165) is 43.6 Å². The summed E-state index contributed by atoms with van der Waals surface area (Å²) < 4.78 is 38.1. The van der Waals surface area contributed by atoms with E-state index in [4.69, 9.17) is 4.42 Å². The van der Waals surface area contributed by atoms with E-state index in [0.29, 0.717) is 11.4 Å². The molecule has 2 atom stereocenters. The Balaban J connectivity index is 1.64. The third kappa shape index (κ3) is 4.41. The molecule has 1 aromatic heterocycles. The van der Waals surface area contributed by atoms with Gasteiger partial charge in [-0.1, -0.05) is 101 Å². The van der Waals surface area contributed by atoms with Crippen molar-refractivity contribution in [1.29, 1.82) is 0 Å². The SMILES string of the molecule is C=C1[C@H](c2ccccc2)c2c(C)oc(-c3ccc(Br)cc3)c2[C@H]1N(c1ccccc1)S(=O)(=O)c1ccc(C)cc1. The van der Waals surface area contributed by atoms with E-state index in [2.05, 4.69) is 34.6 Å². The summed E-state index contributed by atoms with van der Waals surface area (Å²) in [5, 5.41) is 0. The van der Waals surface area contributed by atoms with E-state index in [-0.39, 0.29) is 10.8 Å². The molecule has 0 bridgehead atoms. The molecular formula is C34H28BrNO3S. The molecule has 4 aromatic carbocycles. The Labute approximate surface area is 243 Å². The highest BCUT2D eigenvalue weighted by molar-refractivity contribution is 9.10. The Bertz CT molecular complexity index is 1790. The maximum absolute atomic E-state index is 14.6. The van der Waals surface area contributed by atoms with E-state index in [1.54, 1.807) is 12.1 Å². The van der Waals surface area contributed by atoms with Gasteiger partial charge in [0.2, 0.25) is 0 Å². The van der Waals surface area contributed by atoms with Gasteiger partial charge in [-0.15, -0.1) is 0 Å². The van der Waals surface area contributed by atoms with Crippen LogP contribution in [0, 0.1) is 13.8 Å². The second-order valence-corrected chi connectivity index (χ2v) is 12.8. The number of hydrogen-bond acceptors (Lipinski definition) is 3. The Morgan fingerprint density at radius 3 is 2.00 bits per heavy atom. The van der Waals surface area contributed by atoms with Crippen LogP contribution in [0.4, 0.5) is 5.69 Å². The van der Waals surface area contributed by atoms with Crippen LogP contribution in [0.3, 0.4) is 0 Å². The van der Waals surface area contributed by atoms with Crippen molar-refractivity contribution in [3.8, 4) is 11.3 Å². The summed E-state index contributed by atoms with van der Waals surface area (Å²) in [7, 11) is -4.01. The van der Waals surface area contributed by atoms with E-state index < -0.39 is 16.1 Å². The predicted molar refractivity (Wildman–Crippen MR) is 164 cm³/mol. The van der Waals surface area contributed by atoms with Crippen LogP contribution in [-0.2, 0) is 10.0 Å². The smallest absolute Gasteiger partial charge is 0.265 e. The van der Waals surface area contributed by atoms with E-state index in [1.807, 2.05) is 98.8 Å². The number of halogens is 1. The van der Waals surface area contributed by atoms with Crippen LogP contribution < -0.4 is 4.31 Å². The van der Waals surface area contributed by atoms with Gasteiger partial charge in [-0.2, -0.15) is 0 Å². The minimum atomic E-state index is -4.01. The van der Waals surface area contributed by atoms with Gasteiger partial charge < -0.3 is 4.42 Å². The van der Waals surface area contributed by atoms with Crippen molar-refractivity contribution >= 4 is 31.6 Å². The molecular weight excluding hydrogens is 582 g/mol. The number of sulfonamides is 1. The van der Waals surface area contributed by atoms with Crippen molar-refractivity contribution in [3.05, 3.63) is 154 Å². The maximum atomic E-state index is 14.6. The topological polar surface area (TPSA) is 50.5 Å². The molecule has 0 amide bonds. The van der Waals surface area contributed by atoms with Crippen LogP contribution in [0.2, 0.25) is 0 Å². The highest BCUT2D eigenvalue weighted by Crippen LogP contribution is 2.57. The number of furan rings is 1.